The molecule has 0 unspecified atom stereocenters. The molecule has 0 radical (unpaired) electrons. The van der Waals surface area contributed by atoms with Crippen molar-refractivity contribution in [1.82, 2.24) is 25.2 Å². The van der Waals surface area contributed by atoms with Gasteiger partial charge in [-0.15, -0.1) is 0 Å². The van der Waals surface area contributed by atoms with Gasteiger partial charge in [0.2, 0.25) is 0 Å². The molecule has 6 heteroatoms. The third-order valence-corrected chi connectivity index (χ3v) is 4.96. The zero-order valence-electron chi connectivity index (χ0n) is 14.9. The van der Waals surface area contributed by atoms with E-state index in [0.29, 0.717) is 18.2 Å². The molecule has 0 aliphatic carbocycles. The highest BCUT2D eigenvalue weighted by atomic mass is 16.1. The molecule has 134 valence electrons. The topological polar surface area (TPSA) is 73.9 Å². The number of rotatable bonds is 5. The first-order valence-electron chi connectivity index (χ1n) is 9.04. The Morgan fingerprint density at radius 1 is 1.31 bits per heavy atom. The van der Waals surface area contributed by atoms with Gasteiger partial charge in [-0.2, -0.15) is 0 Å². The van der Waals surface area contributed by atoms with Gasteiger partial charge in [-0.25, -0.2) is 4.98 Å². The third-order valence-electron chi connectivity index (χ3n) is 4.96. The van der Waals surface area contributed by atoms with E-state index in [4.69, 9.17) is 0 Å². The Balaban J connectivity index is 1.33. The number of imidazole rings is 1. The number of fused-ring (bicyclic) bond motifs is 1. The molecule has 3 aromatic rings. The lowest BCUT2D eigenvalue weighted by Gasteiger charge is -2.15. The van der Waals surface area contributed by atoms with Gasteiger partial charge in [0, 0.05) is 43.1 Å². The average molecular weight is 349 g/mol. The Morgan fingerprint density at radius 2 is 2.19 bits per heavy atom. The number of hydrogen-bond acceptors (Lipinski definition) is 4. The number of carbonyl (C=O) groups excluding carboxylic acids is 1. The second-order valence-electron chi connectivity index (χ2n) is 6.97. The molecule has 0 spiro atoms. The fourth-order valence-corrected chi connectivity index (χ4v) is 3.64. The quantitative estimate of drug-likeness (QED) is 0.742. The van der Waals surface area contributed by atoms with Gasteiger partial charge < -0.3 is 10.3 Å². The van der Waals surface area contributed by atoms with Crippen LogP contribution in [-0.2, 0) is 6.54 Å². The van der Waals surface area contributed by atoms with Crippen LogP contribution in [0, 0.1) is 12.8 Å². The number of carbonyl (C=O) groups is 1. The van der Waals surface area contributed by atoms with E-state index in [1.807, 2.05) is 43.5 Å². The number of aryl methyl sites for hydroxylation is 1. The van der Waals surface area contributed by atoms with Crippen LogP contribution in [-0.4, -0.2) is 45.4 Å². The molecule has 1 saturated heterocycles. The van der Waals surface area contributed by atoms with Crippen LogP contribution in [0.5, 0.6) is 0 Å². The van der Waals surface area contributed by atoms with E-state index in [1.165, 1.54) is 0 Å². The average Bonchev–Trinajstić information content (AvgIpc) is 3.28. The van der Waals surface area contributed by atoms with Crippen molar-refractivity contribution in [2.75, 3.05) is 19.6 Å². The lowest BCUT2D eigenvalue weighted by Crippen LogP contribution is -2.31. The van der Waals surface area contributed by atoms with Gasteiger partial charge >= 0.3 is 0 Å². The van der Waals surface area contributed by atoms with E-state index in [9.17, 15) is 4.79 Å². The van der Waals surface area contributed by atoms with Crippen LogP contribution in [0.15, 0.2) is 42.7 Å². The molecule has 1 aliphatic rings. The van der Waals surface area contributed by atoms with Crippen molar-refractivity contribution in [1.29, 1.82) is 0 Å². The Bertz CT molecular complexity index is 914. The number of pyridine rings is 1. The van der Waals surface area contributed by atoms with Crippen LogP contribution in [0.4, 0.5) is 0 Å². The fraction of sp³-hybridized carbons (Fsp3) is 0.350. The van der Waals surface area contributed by atoms with E-state index in [0.717, 1.165) is 48.3 Å². The second kappa shape index (κ2) is 7.25. The summed E-state index contributed by atoms with van der Waals surface area (Å²) in [4.78, 5) is 26.8. The molecule has 1 aromatic carbocycles. The number of aromatic nitrogens is 3. The monoisotopic (exact) mass is 349 g/mol. The van der Waals surface area contributed by atoms with Crippen molar-refractivity contribution >= 4 is 16.7 Å². The number of H-pyrrole nitrogens is 1. The molecule has 3 heterocycles. The molecule has 1 aliphatic heterocycles. The van der Waals surface area contributed by atoms with Gasteiger partial charge in [0.15, 0.2) is 0 Å². The molecule has 4 rings (SSSR count). The molecule has 1 fully saturated rings. The number of hydrogen-bond donors (Lipinski definition) is 2. The van der Waals surface area contributed by atoms with Crippen molar-refractivity contribution in [3.05, 3.63) is 59.9 Å². The summed E-state index contributed by atoms with van der Waals surface area (Å²) in [5, 5.41) is 5.01. The van der Waals surface area contributed by atoms with Crippen LogP contribution < -0.4 is 5.32 Å². The summed E-state index contributed by atoms with van der Waals surface area (Å²) in [7, 11) is 0. The maximum absolute atomic E-state index is 12.6. The molecule has 0 saturated carbocycles. The van der Waals surface area contributed by atoms with Crippen molar-refractivity contribution in [3.63, 3.8) is 0 Å². The first kappa shape index (κ1) is 16.7. The second-order valence-corrected chi connectivity index (χ2v) is 6.97. The largest absolute Gasteiger partial charge is 0.350 e. The number of nitrogens with one attached hydrogen (secondary N) is 2. The number of benzene rings is 1. The summed E-state index contributed by atoms with van der Waals surface area (Å²) in [5.41, 5.74) is 1.65. The molecular formula is C20H23N5O. The highest BCUT2D eigenvalue weighted by Gasteiger charge is 2.23. The Hall–Kier alpha value is -2.73. The maximum atomic E-state index is 12.6. The standard InChI is InChI=1S/C20H23N5O/c1-14-22-11-17(24-14)13-25-9-7-15(12-25)10-23-20(26)19-18-5-3-2-4-16(18)6-8-21-19/h2-6,8,11,15H,7,9-10,12-13H2,1H3,(H,22,24)(H,23,26)/t15-/m0/s1. The smallest absolute Gasteiger partial charge is 0.270 e. The molecule has 1 amide bonds. The number of nitrogens with zero attached hydrogens (tertiary/aromatic N) is 3. The summed E-state index contributed by atoms with van der Waals surface area (Å²) >= 11 is 0. The predicted molar refractivity (Wildman–Crippen MR) is 101 cm³/mol. The van der Waals surface area contributed by atoms with E-state index < -0.39 is 0 Å². The van der Waals surface area contributed by atoms with Gasteiger partial charge in [-0.05, 0) is 37.3 Å². The van der Waals surface area contributed by atoms with Crippen LogP contribution in [0.2, 0.25) is 0 Å². The van der Waals surface area contributed by atoms with E-state index in [2.05, 4.69) is 25.2 Å². The number of aromatic amines is 1. The lowest BCUT2D eigenvalue weighted by atomic mass is 10.1. The first-order valence-corrected chi connectivity index (χ1v) is 9.04. The molecule has 0 bridgehead atoms. The van der Waals surface area contributed by atoms with Crippen LogP contribution >= 0.6 is 0 Å². The number of likely N-dealkylation sites (tertiary alicyclic amines) is 1. The summed E-state index contributed by atoms with van der Waals surface area (Å²) < 4.78 is 0. The van der Waals surface area contributed by atoms with E-state index >= 15 is 0 Å². The summed E-state index contributed by atoms with van der Waals surface area (Å²) in [6.07, 6.45) is 4.69. The predicted octanol–water partition coefficient (Wildman–Crippen LogP) is 2.52. The Morgan fingerprint density at radius 3 is 3.04 bits per heavy atom. The Kier molecular flexibility index (Phi) is 4.67. The minimum absolute atomic E-state index is 0.0931. The fourth-order valence-electron chi connectivity index (χ4n) is 3.64. The normalized spacial score (nSPS) is 17.7. The van der Waals surface area contributed by atoms with Gasteiger partial charge in [0.1, 0.15) is 11.5 Å². The minimum atomic E-state index is -0.0931. The molecule has 2 aromatic heterocycles. The molecule has 6 nitrogen and oxygen atoms in total. The third kappa shape index (κ3) is 3.60. The Labute approximate surface area is 152 Å². The van der Waals surface area contributed by atoms with Crippen LogP contribution in [0.25, 0.3) is 10.8 Å². The summed E-state index contributed by atoms with van der Waals surface area (Å²) in [5.74, 6) is 1.33. The van der Waals surface area contributed by atoms with Gasteiger partial charge in [-0.1, -0.05) is 24.3 Å². The zero-order valence-corrected chi connectivity index (χ0v) is 14.9. The maximum Gasteiger partial charge on any atom is 0.270 e. The molecule has 2 N–H and O–H groups in total. The zero-order chi connectivity index (χ0) is 17.9. The van der Waals surface area contributed by atoms with Crippen LogP contribution in [0.1, 0.15) is 28.4 Å². The molecular weight excluding hydrogens is 326 g/mol. The van der Waals surface area contributed by atoms with E-state index in [-0.39, 0.29) is 5.91 Å². The number of amides is 1. The molecule has 1 atom stereocenters. The first-order chi connectivity index (χ1) is 12.7. The SMILES string of the molecule is Cc1ncc(CN2CC[C@@H](CNC(=O)c3nccc4ccccc34)C2)[nH]1. The van der Waals surface area contributed by atoms with Crippen molar-refractivity contribution in [3.8, 4) is 0 Å². The summed E-state index contributed by atoms with van der Waals surface area (Å²) in [6.45, 7) is 5.57. The van der Waals surface area contributed by atoms with Crippen LogP contribution in [0.3, 0.4) is 0 Å². The van der Waals surface area contributed by atoms with Crippen molar-refractivity contribution in [2.45, 2.75) is 19.9 Å². The van der Waals surface area contributed by atoms with Gasteiger partial charge in [-0.3, -0.25) is 14.7 Å². The van der Waals surface area contributed by atoms with E-state index in [1.54, 1.807) is 6.20 Å². The highest BCUT2D eigenvalue weighted by Crippen LogP contribution is 2.19. The van der Waals surface area contributed by atoms with Gasteiger partial charge in [0.05, 0.1) is 0 Å². The highest BCUT2D eigenvalue weighted by molar-refractivity contribution is 6.05. The summed E-state index contributed by atoms with van der Waals surface area (Å²) in [6, 6.07) is 9.78. The lowest BCUT2D eigenvalue weighted by molar-refractivity contribution is 0.0944. The van der Waals surface area contributed by atoms with Crippen molar-refractivity contribution < 1.29 is 4.79 Å². The minimum Gasteiger partial charge on any atom is -0.350 e. The van der Waals surface area contributed by atoms with Gasteiger partial charge in [0.25, 0.3) is 5.91 Å². The molecule has 26 heavy (non-hydrogen) atoms. The van der Waals surface area contributed by atoms with Crippen molar-refractivity contribution in [2.24, 2.45) is 5.92 Å².